The van der Waals surface area contributed by atoms with Crippen molar-refractivity contribution in [3.63, 3.8) is 0 Å². The van der Waals surface area contributed by atoms with Gasteiger partial charge >= 0.3 is 12.1 Å². The van der Waals surface area contributed by atoms with Crippen molar-refractivity contribution in [2.24, 2.45) is 0 Å². The van der Waals surface area contributed by atoms with Gasteiger partial charge in [0.1, 0.15) is 13.2 Å². The first-order valence-corrected chi connectivity index (χ1v) is 5.95. The first-order valence-electron chi connectivity index (χ1n) is 5.95. The Labute approximate surface area is 109 Å². The molecule has 0 aromatic carbocycles. The fraction of sp³-hybridized carbons (Fsp3) is 0.727. The van der Waals surface area contributed by atoms with E-state index >= 15 is 0 Å². The van der Waals surface area contributed by atoms with Crippen LogP contribution in [0.1, 0.15) is 6.92 Å². The summed E-state index contributed by atoms with van der Waals surface area (Å²) in [6, 6.07) is 0. The van der Waals surface area contributed by atoms with Crippen molar-refractivity contribution < 1.29 is 29.0 Å². The first kappa shape index (κ1) is 13.8. The van der Waals surface area contributed by atoms with E-state index in [0.29, 0.717) is 13.1 Å². The molecule has 2 heterocycles. The van der Waals surface area contributed by atoms with Crippen LogP contribution in [0.5, 0.6) is 0 Å². The predicted octanol–water partition coefficient (Wildman–Crippen LogP) is -0.859. The van der Waals surface area contributed by atoms with Crippen molar-refractivity contribution in [3.05, 3.63) is 0 Å². The van der Waals surface area contributed by atoms with Crippen LogP contribution in [0.4, 0.5) is 4.79 Å². The molecule has 0 bridgehead atoms. The molecule has 2 saturated heterocycles. The molecule has 2 rings (SSSR count). The molecule has 0 aromatic rings. The van der Waals surface area contributed by atoms with E-state index in [1.54, 1.807) is 11.8 Å². The van der Waals surface area contributed by atoms with Gasteiger partial charge in [0.15, 0.2) is 0 Å². The van der Waals surface area contributed by atoms with E-state index < -0.39 is 17.7 Å². The Kier molecular flexibility index (Phi) is 3.72. The minimum Gasteiger partial charge on any atom is -0.480 e. The largest absolute Gasteiger partial charge is 0.480 e. The lowest BCUT2D eigenvalue weighted by atomic mass is 9.96. The maximum Gasteiger partial charge on any atom is 0.416 e. The number of nitrogens with zero attached hydrogens (tertiary/aromatic N) is 2. The average Bonchev–Trinajstić information content (AvgIpc) is 2.70. The summed E-state index contributed by atoms with van der Waals surface area (Å²) in [6.45, 7) is 3.02. The second kappa shape index (κ2) is 5.14. The van der Waals surface area contributed by atoms with Gasteiger partial charge in [-0.2, -0.15) is 0 Å². The lowest BCUT2D eigenvalue weighted by Crippen LogP contribution is -2.63. The smallest absolute Gasteiger partial charge is 0.416 e. The summed E-state index contributed by atoms with van der Waals surface area (Å²) in [6.07, 6.45) is -0.601. The van der Waals surface area contributed by atoms with Crippen molar-refractivity contribution in [1.29, 1.82) is 0 Å². The van der Waals surface area contributed by atoms with Gasteiger partial charge in [-0.15, -0.1) is 0 Å². The molecule has 0 unspecified atom stereocenters. The van der Waals surface area contributed by atoms with Crippen LogP contribution in [0, 0.1) is 0 Å². The van der Waals surface area contributed by atoms with E-state index in [4.69, 9.17) is 9.84 Å². The van der Waals surface area contributed by atoms with Crippen molar-refractivity contribution in [2.45, 2.75) is 12.5 Å². The zero-order valence-electron chi connectivity index (χ0n) is 10.6. The number of carboxylic acids is 1. The minimum atomic E-state index is -1.02. The maximum absolute atomic E-state index is 11.8. The van der Waals surface area contributed by atoms with Crippen LogP contribution >= 0.6 is 0 Å². The van der Waals surface area contributed by atoms with Gasteiger partial charge in [0.25, 0.3) is 0 Å². The lowest BCUT2D eigenvalue weighted by molar-refractivity contribution is -0.167. The number of hydrogen-bond acceptors (Lipinski definition) is 6. The van der Waals surface area contributed by atoms with Crippen LogP contribution in [0.3, 0.4) is 0 Å². The summed E-state index contributed by atoms with van der Waals surface area (Å²) in [5.41, 5.74) is -0.538. The van der Waals surface area contributed by atoms with E-state index in [0.717, 1.165) is 4.90 Å². The average molecular weight is 272 g/mol. The molecule has 0 saturated carbocycles. The maximum atomic E-state index is 11.8. The molecule has 2 aliphatic rings. The molecule has 0 aromatic heterocycles. The third-order valence-electron chi connectivity index (χ3n) is 3.08. The third-order valence-corrected chi connectivity index (χ3v) is 3.08. The third kappa shape index (κ3) is 3.21. The number of hydrogen-bond donors (Lipinski definition) is 1. The Morgan fingerprint density at radius 3 is 2.68 bits per heavy atom. The summed E-state index contributed by atoms with van der Waals surface area (Å²) in [5.74, 6) is -1.32. The summed E-state index contributed by atoms with van der Waals surface area (Å²) >= 11 is 0. The van der Waals surface area contributed by atoms with Gasteiger partial charge in [0, 0.05) is 13.1 Å². The number of imide groups is 1. The van der Waals surface area contributed by atoms with Crippen LogP contribution in [-0.2, 0) is 19.1 Å². The summed E-state index contributed by atoms with van der Waals surface area (Å²) < 4.78 is 9.91. The molecule has 0 radical (unpaired) electrons. The number of rotatable bonds is 5. The Morgan fingerprint density at radius 2 is 2.16 bits per heavy atom. The summed E-state index contributed by atoms with van der Waals surface area (Å²) in [4.78, 5) is 36.3. The number of carbonyl (C=O) groups excluding carboxylic acids is 2. The normalized spacial score (nSPS) is 21.9. The van der Waals surface area contributed by atoms with E-state index in [-0.39, 0.29) is 32.2 Å². The fourth-order valence-electron chi connectivity index (χ4n) is 2.24. The predicted molar refractivity (Wildman–Crippen MR) is 61.5 cm³/mol. The van der Waals surface area contributed by atoms with Gasteiger partial charge in [-0.25, -0.2) is 14.5 Å². The quantitative estimate of drug-likeness (QED) is 0.695. The van der Waals surface area contributed by atoms with Crippen LogP contribution < -0.4 is 0 Å². The SMILES string of the molecule is CC1(OCC(=O)O)CN(CC(=O)N2CCOC2=O)C1. The zero-order valence-corrected chi connectivity index (χ0v) is 10.6. The molecule has 2 fully saturated rings. The standard InChI is InChI=1S/C11H16N2O6/c1-11(19-5-9(15)16)6-12(7-11)4-8(14)13-2-3-18-10(13)17/h2-7H2,1H3,(H,15,16). The van der Waals surface area contributed by atoms with E-state index in [1.807, 2.05) is 0 Å². The van der Waals surface area contributed by atoms with Gasteiger partial charge < -0.3 is 14.6 Å². The zero-order chi connectivity index (χ0) is 14.0. The molecular formula is C11H16N2O6. The highest BCUT2D eigenvalue weighted by Gasteiger charge is 2.42. The second-order valence-electron chi connectivity index (χ2n) is 4.94. The fourth-order valence-corrected chi connectivity index (χ4v) is 2.24. The highest BCUT2D eigenvalue weighted by atomic mass is 16.6. The molecule has 0 atom stereocenters. The molecular weight excluding hydrogens is 256 g/mol. The van der Waals surface area contributed by atoms with Gasteiger partial charge in [-0.3, -0.25) is 9.69 Å². The number of carboxylic acid groups (broad SMARTS) is 1. The van der Waals surface area contributed by atoms with Crippen molar-refractivity contribution in [3.8, 4) is 0 Å². The number of carbonyl (C=O) groups is 3. The van der Waals surface area contributed by atoms with Gasteiger partial charge in [-0.1, -0.05) is 0 Å². The highest BCUT2D eigenvalue weighted by molar-refractivity contribution is 5.94. The van der Waals surface area contributed by atoms with Crippen molar-refractivity contribution >= 4 is 18.0 Å². The number of likely N-dealkylation sites (tertiary alicyclic amines) is 1. The number of cyclic esters (lactones) is 1. The van der Waals surface area contributed by atoms with Gasteiger partial charge in [-0.05, 0) is 6.92 Å². The molecule has 0 aliphatic carbocycles. The summed E-state index contributed by atoms with van der Waals surface area (Å²) in [7, 11) is 0. The van der Waals surface area contributed by atoms with E-state index in [2.05, 4.69) is 4.74 Å². The Hall–Kier alpha value is -1.67. The van der Waals surface area contributed by atoms with Crippen molar-refractivity contribution in [2.75, 3.05) is 39.4 Å². The first-order chi connectivity index (χ1) is 8.89. The number of amides is 2. The molecule has 8 nitrogen and oxygen atoms in total. The molecule has 2 aliphatic heterocycles. The monoisotopic (exact) mass is 272 g/mol. The van der Waals surface area contributed by atoms with Crippen LogP contribution in [0.15, 0.2) is 0 Å². The molecule has 106 valence electrons. The van der Waals surface area contributed by atoms with Crippen molar-refractivity contribution in [1.82, 2.24) is 9.80 Å². The minimum absolute atomic E-state index is 0.112. The molecule has 8 heteroatoms. The molecule has 2 amide bonds. The Morgan fingerprint density at radius 1 is 1.47 bits per heavy atom. The van der Waals surface area contributed by atoms with Gasteiger partial charge in [0.2, 0.25) is 5.91 Å². The molecule has 19 heavy (non-hydrogen) atoms. The Bertz CT molecular complexity index is 404. The van der Waals surface area contributed by atoms with Crippen LogP contribution in [-0.4, -0.2) is 77.9 Å². The Balaban J connectivity index is 1.73. The van der Waals surface area contributed by atoms with Gasteiger partial charge in [0.05, 0.1) is 18.7 Å². The number of ether oxygens (including phenoxy) is 2. The number of aliphatic carboxylic acids is 1. The van der Waals surface area contributed by atoms with Crippen LogP contribution in [0.2, 0.25) is 0 Å². The van der Waals surface area contributed by atoms with Crippen LogP contribution in [0.25, 0.3) is 0 Å². The topological polar surface area (TPSA) is 96.4 Å². The highest BCUT2D eigenvalue weighted by Crippen LogP contribution is 2.24. The van der Waals surface area contributed by atoms with E-state index in [1.165, 1.54) is 0 Å². The van der Waals surface area contributed by atoms with E-state index in [9.17, 15) is 14.4 Å². The summed E-state index contributed by atoms with van der Waals surface area (Å²) in [5, 5.41) is 8.53. The molecule has 0 spiro atoms. The lowest BCUT2D eigenvalue weighted by Gasteiger charge is -2.47. The molecule has 1 N–H and O–H groups in total. The second-order valence-corrected chi connectivity index (χ2v) is 4.94.